The Kier molecular flexibility index (Phi) is 4.60. The summed E-state index contributed by atoms with van der Waals surface area (Å²) in [4.78, 5) is 10.6. The standard InChI is InChI=1S/C13H17BrN2O2/c14-12-4-3-11(18-6-5-13(15)17)7-9(12)8-16-10-1-2-10/h3-4,7,10,16H,1-2,5-6,8H2,(H2,15,17). The van der Waals surface area contributed by atoms with Crippen LogP contribution in [0.4, 0.5) is 0 Å². The highest BCUT2D eigenvalue weighted by Crippen LogP contribution is 2.25. The molecule has 1 aromatic rings. The van der Waals surface area contributed by atoms with Gasteiger partial charge in [0.25, 0.3) is 0 Å². The highest BCUT2D eigenvalue weighted by Gasteiger charge is 2.20. The molecule has 0 saturated heterocycles. The van der Waals surface area contributed by atoms with Gasteiger partial charge in [-0.05, 0) is 36.6 Å². The van der Waals surface area contributed by atoms with Gasteiger partial charge in [-0.25, -0.2) is 0 Å². The number of primary amides is 1. The summed E-state index contributed by atoms with van der Waals surface area (Å²) in [6.07, 6.45) is 2.78. The molecule has 1 aliphatic carbocycles. The first-order chi connectivity index (χ1) is 8.65. The summed E-state index contributed by atoms with van der Waals surface area (Å²) in [5.41, 5.74) is 6.23. The van der Waals surface area contributed by atoms with Crippen LogP contribution in [0.3, 0.4) is 0 Å². The summed E-state index contributed by atoms with van der Waals surface area (Å²) < 4.78 is 6.55. The lowest BCUT2D eigenvalue weighted by atomic mass is 10.2. The Labute approximate surface area is 115 Å². The first-order valence-electron chi connectivity index (χ1n) is 6.08. The van der Waals surface area contributed by atoms with Crippen LogP contribution in [0.5, 0.6) is 5.75 Å². The number of hydrogen-bond donors (Lipinski definition) is 2. The van der Waals surface area contributed by atoms with Gasteiger partial charge >= 0.3 is 0 Å². The molecule has 98 valence electrons. The zero-order valence-electron chi connectivity index (χ0n) is 10.1. The van der Waals surface area contributed by atoms with Gasteiger partial charge in [0.05, 0.1) is 13.0 Å². The zero-order valence-corrected chi connectivity index (χ0v) is 11.7. The van der Waals surface area contributed by atoms with Crippen LogP contribution < -0.4 is 15.8 Å². The van der Waals surface area contributed by atoms with E-state index in [9.17, 15) is 4.79 Å². The molecule has 3 N–H and O–H groups in total. The number of carbonyl (C=O) groups excluding carboxylic acids is 1. The maximum absolute atomic E-state index is 10.6. The van der Waals surface area contributed by atoms with E-state index in [1.54, 1.807) is 0 Å². The lowest BCUT2D eigenvalue weighted by Gasteiger charge is -2.10. The van der Waals surface area contributed by atoms with Crippen molar-refractivity contribution in [1.29, 1.82) is 0 Å². The van der Waals surface area contributed by atoms with Crippen molar-refractivity contribution in [3.63, 3.8) is 0 Å². The predicted molar refractivity (Wildman–Crippen MR) is 73.3 cm³/mol. The molecule has 5 heteroatoms. The van der Waals surface area contributed by atoms with E-state index in [2.05, 4.69) is 21.2 Å². The third kappa shape index (κ3) is 4.31. The normalized spacial score (nSPS) is 14.5. The summed E-state index contributed by atoms with van der Waals surface area (Å²) in [6, 6.07) is 6.51. The van der Waals surface area contributed by atoms with Crippen LogP contribution in [0.1, 0.15) is 24.8 Å². The fourth-order valence-corrected chi connectivity index (χ4v) is 1.97. The van der Waals surface area contributed by atoms with E-state index in [0.717, 1.165) is 16.8 Å². The van der Waals surface area contributed by atoms with Crippen molar-refractivity contribution in [2.24, 2.45) is 5.73 Å². The van der Waals surface area contributed by atoms with Crippen molar-refractivity contribution in [1.82, 2.24) is 5.32 Å². The molecule has 1 saturated carbocycles. The highest BCUT2D eigenvalue weighted by molar-refractivity contribution is 9.10. The summed E-state index contributed by atoms with van der Waals surface area (Å²) in [7, 11) is 0. The average Bonchev–Trinajstić information content (AvgIpc) is 3.13. The van der Waals surface area contributed by atoms with Crippen LogP contribution in [0.15, 0.2) is 22.7 Å². The number of halogens is 1. The molecular weight excluding hydrogens is 296 g/mol. The van der Waals surface area contributed by atoms with Crippen LogP contribution in [-0.4, -0.2) is 18.6 Å². The van der Waals surface area contributed by atoms with Crippen molar-refractivity contribution >= 4 is 21.8 Å². The minimum atomic E-state index is -0.345. The second-order valence-electron chi connectivity index (χ2n) is 4.47. The van der Waals surface area contributed by atoms with E-state index in [4.69, 9.17) is 10.5 Å². The van der Waals surface area contributed by atoms with Crippen molar-refractivity contribution in [2.75, 3.05) is 6.61 Å². The number of nitrogens with one attached hydrogen (secondary N) is 1. The first-order valence-corrected chi connectivity index (χ1v) is 6.87. The van der Waals surface area contributed by atoms with E-state index in [1.165, 1.54) is 18.4 Å². The van der Waals surface area contributed by atoms with E-state index < -0.39 is 0 Å². The number of nitrogens with two attached hydrogens (primary N) is 1. The summed E-state index contributed by atoms with van der Waals surface area (Å²) >= 11 is 3.52. The van der Waals surface area contributed by atoms with E-state index in [0.29, 0.717) is 12.6 Å². The van der Waals surface area contributed by atoms with Gasteiger partial charge in [0, 0.05) is 17.1 Å². The summed E-state index contributed by atoms with van der Waals surface area (Å²) in [5, 5.41) is 3.46. The topological polar surface area (TPSA) is 64.4 Å². The highest BCUT2D eigenvalue weighted by atomic mass is 79.9. The molecule has 0 bridgehead atoms. The van der Waals surface area contributed by atoms with Gasteiger partial charge in [0.1, 0.15) is 5.75 Å². The summed E-state index contributed by atoms with van der Waals surface area (Å²) in [6.45, 7) is 1.16. The predicted octanol–water partition coefficient (Wildman–Crippen LogP) is 1.96. The molecule has 0 unspecified atom stereocenters. The fourth-order valence-electron chi connectivity index (χ4n) is 1.59. The monoisotopic (exact) mass is 312 g/mol. The van der Waals surface area contributed by atoms with E-state index >= 15 is 0 Å². The number of ether oxygens (including phenoxy) is 1. The second-order valence-corrected chi connectivity index (χ2v) is 5.33. The third-order valence-electron chi connectivity index (χ3n) is 2.79. The van der Waals surface area contributed by atoms with E-state index in [-0.39, 0.29) is 12.3 Å². The van der Waals surface area contributed by atoms with Gasteiger partial charge in [-0.1, -0.05) is 15.9 Å². The molecule has 0 aliphatic heterocycles. The van der Waals surface area contributed by atoms with Crippen LogP contribution in [0.25, 0.3) is 0 Å². The van der Waals surface area contributed by atoms with Crippen molar-refractivity contribution < 1.29 is 9.53 Å². The Balaban J connectivity index is 1.89. The maximum atomic E-state index is 10.6. The lowest BCUT2D eigenvalue weighted by Crippen LogP contribution is -2.16. The largest absolute Gasteiger partial charge is 0.493 e. The van der Waals surface area contributed by atoms with Crippen molar-refractivity contribution in [2.45, 2.75) is 31.8 Å². The van der Waals surface area contributed by atoms with Gasteiger partial charge in [-0.2, -0.15) is 0 Å². The van der Waals surface area contributed by atoms with Crippen LogP contribution >= 0.6 is 15.9 Å². The minimum Gasteiger partial charge on any atom is -0.493 e. The van der Waals surface area contributed by atoms with Crippen LogP contribution in [-0.2, 0) is 11.3 Å². The Bertz CT molecular complexity index is 433. The molecule has 1 aromatic carbocycles. The third-order valence-corrected chi connectivity index (χ3v) is 3.57. The SMILES string of the molecule is NC(=O)CCOc1ccc(Br)c(CNC2CC2)c1. The smallest absolute Gasteiger partial charge is 0.220 e. The zero-order chi connectivity index (χ0) is 13.0. The van der Waals surface area contributed by atoms with E-state index in [1.807, 2.05) is 18.2 Å². The molecule has 1 aliphatic rings. The maximum Gasteiger partial charge on any atom is 0.220 e. The summed E-state index contributed by atoms with van der Waals surface area (Å²) in [5.74, 6) is 0.426. The number of hydrogen-bond acceptors (Lipinski definition) is 3. The number of amides is 1. The average molecular weight is 313 g/mol. The van der Waals surface area contributed by atoms with Gasteiger partial charge < -0.3 is 15.8 Å². The molecule has 0 radical (unpaired) electrons. The molecular formula is C13H17BrN2O2. The Morgan fingerprint density at radius 1 is 1.50 bits per heavy atom. The molecule has 0 heterocycles. The minimum absolute atomic E-state index is 0.242. The molecule has 1 amide bonds. The molecule has 0 aromatic heterocycles. The van der Waals surface area contributed by atoms with Crippen molar-refractivity contribution in [3.8, 4) is 5.75 Å². The van der Waals surface area contributed by atoms with Gasteiger partial charge in [0.2, 0.25) is 5.91 Å². The quantitative estimate of drug-likeness (QED) is 0.809. The molecule has 0 spiro atoms. The Morgan fingerprint density at radius 3 is 2.94 bits per heavy atom. The Morgan fingerprint density at radius 2 is 2.28 bits per heavy atom. The number of benzene rings is 1. The number of carbonyl (C=O) groups is 1. The van der Waals surface area contributed by atoms with Gasteiger partial charge in [-0.15, -0.1) is 0 Å². The van der Waals surface area contributed by atoms with Gasteiger partial charge in [0.15, 0.2) is 0 Å². The number of rotatable bonds is 7. The van der Waals surface area contributed by atoms with Crippen LogP contribution in [0.2, 0.25) is 0 Å². The van der Waals surface area contributed by atoms with Crippen LogP contribution in [0, 0.1) is 0 Å². The van der Waals surface area contributed by atoms with Crippen molar-refractivity contribution in [3.05, 3.63) is 28.2 Å². The van der Waals surface area contributed by atoms with Gasteiger partial charge in [-0.3, -0.25) is 4.79 Å². The Hall–Kier alpha value is -1.07. The molecule has 4 nitrogen and oxygen atoms in total. The fraction of sp³-hybridized carbons (Fsp3) is 0.462. The molecule has 1 fully saturated rings. The molecule has 2 rings (SSSR count). The molecule has 0 atom stereocenters. The second kappa shape index (κ2) is 6.20. The first kappa shape index (κ1) is 13.4. The lowest BCUT2D eigenvalue weighted by molar-refractivity contribution is -0.118. The molecule has 18 heavy (non-hydrogen) atoms.